The summed E-state index contributed by atoms with van der Waals surface area (Å²) in [6, 6.07) is 15.7. The van der Waals surface area contributed by atoms with Gasteiger partial charge in [0.15, 0.2) is 5.11 Å². The number of para-hydroxylation sites is 1. The average Bonchev–Trinajstić information content (AvgIpc) is 2.61. The summed E-state index contributed by atoms with van der Waals surface area (Å²) in [6.07, 6.45) is 0. The van der Waals surface area contributed by atoms with E-state index in [2.05, 4.69) is 10.1 Å². The number of esters is 1. The van der Waals surface area contributed by atoms with Gasteiger partial charge in [-0.1, -0.05) is 24.3 Å². The molecular weight excluding hydrogens is 312 g/mol. The van der Waals surface area contributed by atoms with Crippen molar-refractivity contribution in [2.24, 2.45) is 0 Å². The number of rotatable bonds is 3. The van der Waals surface area contributed by atoms with Gasteiger partial charge in [-0.25, -0.2) is 4.79 Å². The molecule has 0 aliphatic heterocycles. The molecule has 2 aromatic rings. The molecule has 0 atom stereocenters. The van der Waals surface area contributed by atoms with Crippen LogP contribution in [0.15, 0.2) is 54.6 Å². The van der Waals surface area contributed by atoms with Crippen molar-refractivity contribution in [3.05, 3.63) is 65.7 Å². The monoisotopic (exact) mass is 328 g/mol. The maximum absolute atomic E-state index is 12.3. The van der Waals surface area contributed by atoms with Gasteiger partial charge in [0.05, 0.1) is 12.7 Å². The Hall–Kier alpha value is -2.73. The molecule has 0 spiro atoms. The quantitative estimate of drug-likeness (QED) is 0.693. The van der Waals surface area contributed by atoms with E-state index in [1.165, 1.54) is 13.2 Å². The van der Waals surface area contributed by atoms with Gasteiger partial charge in [-0.15, -0.1) is 0 Å². The van der Waals surface area contributed by atoms with Crippen molar-refractivity contribution < 1.29 is 14.3 Å². The summed E-state index contributed by atoms with van der Waals surface area (Å²) in [7, 11) is 3.06. The van der Waals surface area contributed by atoms with Crippen LogP contribution in [-0.4, -0.2) is 31.1 Å². The van der Waals surface area contributed by atoms with Crippen LogP contribution in [0.3, 0.4) is 0 Å². The smallest absolute Gasteiger partial charge is 0.337 e. The first kappa shape index (κ1) is 16.6. The average molecular weight is 328 g/mol. The van der Waals surface area contributed by atoms with E-state index in [1.54, 1.807) is 30.1 Å². The van der Waals surface area contributed by atoms with E-state index in [9.17, 15) is 9.59 Å². The summed E-state index contributed by atoms with van der Waals surface area (Å²) in [5, 5.41) is 2.91. The molecule has 0 radical (unpaired) electrons. The normalized spacial score (nSPS) is 9.83. The van der Waals surface area contributed by atoms with E-state index < -0.39 is 5.97 Å². The van der Waals surface area contributed by atoms with Crippen molar-refractivity contribution in [2.75, 3.05) is 19.1 Å². The van der Waals surface area contributed by atoms with Gasteiger partial charge in [0.1, 0.15) is 0 Å². The standard InChI is InChI=1S/C17H16N2O3S/c1-19(14-9-4-3-5-10-14)17(23)18-15(20)12-7-6-8-13(11-12)16(21)22-2/h3-11H,1-2H3,(H,18,20,23). The second kappa shape index (κ2) is 7.51. The molecule has 0 saturated heterocycles. The Morgan fingerprint density at radius 2 is 1.70 bits per heavy atom. The zero-order chi connectivity index (χ0) is 16.8. The largest absolute Gasteiger partial charge is 0.465 e. The van der Waals surface area contributed by atoms with Gasteiger partial charge in [0.25, 0.3) is 5.91 Å². The van der Waals surface area contributed by atoms with Crippen LogP contribution >= 0.6 is 12.2 Å². The minimum atomic E-state index is -0.497. The summed E-state index contributed by atoms with van der Waals surface area (Å²) in [5.74, 6) is -0.882. The van der Waals surface area contributed by atoms with E-state index in [0.717, 1.165) is 5.69 Å². The van der Waals surface area contributed by atoms with Crippen LogP contribution in [0.2, 0.25) is 0 Å². The molecule has 0 fully saturated rings. The molecule has 1 N–H and O–H groups in total. The molecule has 118 valence electrons. The Morgan fingerprint density at radius 1 is 1.04 bits per heavy atom. The molecule has 1 amide bonds. The van der Waals surface area contributed by atoms with Crippen LogP contribution in [0.5, 0.6) is 0 Å². The van der Waals surface area contributed by atoms with E-state index in [1.807, 2.05) is 30.3 Å². The Bertz CT molecular complexity index is 732. The van der Waals surface area contributed by atoms with Gasteiger partial charge in [-0.2, -0.15) is 0 Å². The van der Waals surface area contributed by atoms with E-state index in [4.69, 9.17) is 12.2 Å². The number of amides is 1. The summed E-state index contributed by atoms with van der Waals surface area (Å²) in [5.41, 5.74) is 1.50. The summed E-state index contributed by atoms with van der Waals surface area (Å²) in [6.45, 7) is 0. The molecule has 0 saturated carbocycles. The number of nitrogens with one attached hydrogen (secondary N) is 1. The van der Waals surface area contributed by atoms with Gasteiger partial charge in [0, 0.05) is 18.3 Å². The number of hydrogen-bond donors (Lipinski definition) is 1. The molecule has 23 heavy (non-hydrogen) atoms. The highest BCUT2D eigenvalue weighted by molar-refractivity contribution is 7.80. The van der Waals surface area contributed by atoms with Crippen molar-refractivity contribution in [3.63, 3.8) is 0 Å². The summed E-state index contributed by atoms with van der Waals surface area (Å²) in [4.78, 5) is 25.5. The minimum Gasteiger partial charge on any atom is -0.465 e. The number of hydrogen-bond acceptors (Lipinski definition) is 4. The van der Waals surface area contributed by atoms with Crippen molar-refractivity contribution in [1.29, 1.82) is 0 Å². The Morgan fingerprint density at radius 3 is 2.35 bits per heavy atom. The fraction of sp³-hybridized carbons (Fsp3) is 0.118. The first-order valence-corrected chi connectivity index (χ1v) is 7.26. The predicted molar refractivity (Wildman–Crippen MR) is 92.7 cm³/mol. The predicted octanol–water partition coefficient (Wildman–Crippen LogP) is 2.62. The molecule has 0 aliphatic carbocycles. The van der Waals surface area contributed by atoms with Gasteiger partial charge < -0.3 is 9.64 Å². The van der Waals surface area contributed by atoms with Crippen molar-refractivity contribution in [2.45, 2.75) is 0 Å². The molecule has 0 aliphatic rings. The van der Waals surface area contributed by atoms with Crippen molar-refractivity contribution >= 4 is 34.9 Å². The van der Waals surface area contributed by atoms with Crippen LogP contribution in [0.1, 0.15) is 20.7 Å². The SMILES string of the molecule is COC(=O)c1cccc(C(=O)NC(=S)N(C)c2ccccc2)c1. The van der Waals surface area contributed by atoms with Crippen LogP contribution < -0.4 is 10.2 Å². The third kappa shape index (κ3) is 4.14. The highest BCUT2D eigenvalue weighted by atomic mass is 32.1. The lowest BCUT2D eigenvalue weighted by Crippen LogP contribution is -2.40. The number of carbonyl (C=O) groups is 2. The van der Waals surface area contributed by atoms with E-state index >= 15 is 0 Å². The fourth-order valence-electron chi connectivity index (χ4n) is 1.93. The van der Waals surface area contributed by atoms with Gasteiger partial charge in [-0.05, 0) is 42.5 Å². The lowest BCUT2D eigenvalue weighted by molar-refractivity contribution is 0.0600. The molecule has 2 rings (SSSR count). The van der Waals surface area contributed by atoms with E-state index in [-0.39, 0.29) is 11.0 Å². The summed E-state index contributed by atoms with van der Waals surface area (Å²) < 4.78 is 4.64. The van der Waals surface area contributed by atoms with Crippen LogP contribution in [0, 0.1) is 0 Å². The zero-order valence-corrected chi connectivity index (χ0v) is 13.6. The number of anilines is 1. The molecule has 0 bridgehead atoms. The van der Waals surface area contributed by atoms with Crippen LogP contribution in [0.4, 0.5) is 5.69 Å². The highest BCUT2D eigenvalue weighted by Crippen LogP contribution is 2.12. The number of carbonyl (C=O) groups excluding carboxylic acids is 2. The van der Waals surface area contributed by atoms with Gasteiger partial charge >= 0.3 is 5.97 Å². The molecule has 2 aromatic carbocycles. The molecule has 0 aromatic heterocycles. The number of methoxy groups -OCH3 is 1. The Kier molecular flexibility index (Phi) is 5.43. The summed E-state index contributed by atoms with van der Waals surface area (Å²) >= 11 is 5.24. The third-order valence-electron chi connectivity index (χ3n) is 3.21. The minimum absolute atomic E-state index is 0.268. The molecule has 0 heterocycles. The highest BCUT2D eigenvalue weighted by Gasteiger charge is 2.14. The zero-order valence-electron chi connectivity index (χ0n) is 12.8. The second-order valence-corrected chi connectivity index (χ2v) is 5.11. The lowest BCUT2D eigenvalue weighted by atomic mass is 10.1. The maximum atomic E-state index is 12.3. The number of nitrogens with zero attached hydrogens (tertiary/aromatic N) is 1. The van der Waals surface area contributed by atoms with E-state index in [0.29, 0.717) is 11.1 Å². The number of ether oxygens (including phenoxy) is 1. The topological polar surface area (TPSA) is 58.6 Å². The Labute approximate surface area is 139 Å². The van der Waals surface area contributed by atoms with Crippen LogP contribution in [-0.2, 0) is 4.74 Å². The maximum Gasteiger partial charge on any atom is 0.337 e. The fourth-order valence-corrected chi connectivity index (χ4v) is 2.13. The lowest BCUT2D eigenvalue weighted by Gasteiger charge is -2.20. The van der Waals surface area contributed by atoms with Crippen molar-refractivity contribution in [1.82, 2.24) is 5.32 Å². The number of thiocarbonyl (C=S) groups is 1. The number of benzene rings is 2. The third-order valence-corrected chi connectivity index (χ3v) is 3.59. The molecule has 5 nitrogen and oxygen atoms in total. The first-order valence-electron chi connectivity index (χ1n) is 6.85. The van der Waals surface area contributed by atoms with Gasteiger partial charge in [0.2, 0.25) is 0 Å². The molecular formula is C17H16N2O3S. The first-order chi connectivity index (χ1) is 11.0. The van der Waals surface area contributed by atoms with Crippen LogP contribution in [0.25, 0.3) is 0 Å². The van der Waals surface area contributed by atoms with Gasteiger partial charge in [-0.3, -0.25) is 10.1 Å². The van der Waals surface area contributed by atoms with Crippen molar-refractivity contribution in [3.8, 4) is 0 Å². The molecule has 0 unspecified atom stereocenters. The molecule has 6 heteroatoms. The Balaban J connectivity index is 2.10. The second-order valence-electron chi connectivity index (χ2n) is 4.73.